The molecule has 2 saturated heterocycles. The number of hydrogen-bond donors (Lipinski definition) is 3. The number of unbranched alkanes of at least 4 members (excludes halogenated alkanes) is 3. The van der Waals surface area contributed by atoms with Crippen LogP contribution in [0.25, 0.3) is 0 Å². The van der Waals surface area contributed by atoms with E-state index < -0.39 is 30.2 Å². The smallest absolute Gasteiger partial charge is 0.325 e. The Morgan fingerprint density at radius 2 is 2.03 bits per heavy atom. The van der Waals surface area contributed by atoms with Crippen LogP contribution in [0.5, 0.6) is 5.75 Å². The maximum atomic E-state index is 12.6. The van der Waals surface area contributed by atoms with E-state index in [1.54, 1.807) is 11.9 Å². The van der Waals surface area contributed by atoms with E-state index in [-0.39, 0.29) is 13.2 Å². The molecule has 2 fully saturated rings. The van der Waals surface area contributed by atoms with Crippen LogP contribution in [0.2, 0.25) is 0 Å². The monoisotopic (exact) mass is 445 g/mol. The zero-order valence-corrected chi connectivity index (χ0v) is 19.2. The Kier molecular flexibility index (Phi) is 8.33. The number of imide groups is 1. The fourth-order valence-corrected chi connectivity index (χ4v) is 3.97. The van der Waals surface area contributed by atoms with Crippen LogP contribution < -0.4 is 15.4 Å². The fraction of sp³-hybridized carbons (Fsp3) is 0.609. The van der Waals surface area contributed by atoms with Crippen LogP contribution in [0.1, 0.15) is 45.1 Å². The van der Waals surface area contributed by atoms with Gasteiger partial charge in [-0.05, 0) is 30.5 Å². The number of likely N-dealkylation sites (N-methyl/N-ethyl adjacent to an activating group) is 1. The number of fused-ring (bicyclic) bond motifs is 1. The highest BCUT2D eigenvalue weighted by molar-refractivity contribution is 6.04. The summed E-state index contributed by atoms with van der Waals surface area (Å²) in [7, 11) is 1.63. The largest absolute Gasteiger partial charge is 0.491 e. The van der Waals surface area contributed by atoms with Gasteiger partial charge in [-0.25, -0.2) is 4.79 Å². The van der Waals surface area contributed by atoms with E-state index in [9.17, 15) is 14.7 Å². The molecule has 0 spiro atoms. The molecule has 3 unspecified atom stereocenters. The quantitative estimate of drug-likeness (QED) is 0.448. The first-order valence-corrected chi connectivity index (χ1v) is 11.5. The number of benzene rings is 1. The Hall–Kier alpha value is -2.81. The van der Waals surface area contributed by atoms with Gasteiger partial charge in [0.05, 0.1) is 6.54 Å². The first kappa shape index (κ1) is 23.8. The molecule has 0 radical (unpaired) electrons. The van der Waals surface area contributed by atoms with Crippen molar-refractivity contribution in [1.82, 2.24) is 20.4 Å². The van der Waals surface area contributed by atoms with Crippen molar-refractivity contribution in [2.45, 2.75) is 64.3 Å². The van der Waals surface area contributed by atoms with E-state index >= 15 is 0 Å². The highest BCUT2D eigenvalue weighted by Gasteiger charge is 2.50. The number of nitrogens with zero attached hydrogens (tertiary/aromatic N) is 3. The number of carbonyl (C=O) groups excluding carboxylic acids is 2. The summed E-state index contributed by atoms with van der Waals surface area (Å²) >= 11 is 0. The number of aliphatic hydroxyl groups is 1. The lowest BCUT2D eigenvalue weighted by Gasteiger charge is -2.35. The van der Waals surface area contributed by atoms with Gasteiger partial charge >= 0.3 is 6.03 Å². The highest BCUT2D eigenvalue weighted by atomic mass is 16.5. The Morgan fingerprint density at radius 3 is 2.78 bits per heavy atom. The van der Waals surface area contributed by atoms with Crippen molar-refractivity contribution in [2.75, 3.05) is 26.7 Å². The predicted molar refractivity (Wildman–Crippen MR) is 122 cm³/mol. The second-order valence-corrected chi connectivity index (χ2v) is 8.32. The van der Waals surface area contributed by atoms with Gasteiger partial charge in [0.1, 0.15) is 24.6 Å². The molecule has 1 aromatic rings. The third-order valence-corrected chi connectivity index (χ3v) is 5.85. The summed E-state index contributed by atoms with van der Waals surface area (Å²) in [6.07, 6.45) is 3.87. The number of guanidine groups is 1. The Morgan fingerprint density at radius 1 is 1.22 bits per heavy atom. The molecule has 3 N–H and O–H groups in total. The van der Waals surface area contributed by atoms with Crippen LogP contribution in [0.15, 0.2) is 29.3 Å². The number of rotatable bonds is 11. The third kappa shape index (κ3) is 5.70. The average Bonchev–Trinajstić information content (AvgIpc) is 3.14. The Bertz CT molecular complexity index is 830. The molecule has 0 aromatic heterocycles. The van der Waals surface area contributed by atoms with E-state index in [4.69, 9.17) is 4.74 Å². The van der Waals surface area contributed by atoms with Crippen LogP contribution >= 0.6 is 0 Å². The highest BCUT2D eigenvalue weighted by Crippen LogP contribution is 2.21. The van der Waals surface area contributed by atoms with Crippen molar-refractivity contribution < 1.29 is 19.4 Å². The second kappa shape index (κ2) is 11.2. The molecule has 0 aliphatic carbocycles. The van der Waals surface area contributed by atoms with Crippen LogP contribution in [-0.2, 0) is 11.2 Å². The number of hydrogen-bond acceptors (Lipinski definition) is 5. The molecule has 3 rings (SSSR count). The number of amides is 3. The predicted octanol–water partition coefficient (Wildman–Crippen LogP) is 1.71. The molecule has 1 aromatic carbocycles. The fourth-order valence-electron chi connectivity index (χ4n) is 3.97. The van der Waals surface area contributed by atoms with E-state index in [0.717, 1.165) is 37.7 Å². The SMILES string of the molecule is CCCCCCN=C1NC2C(C(=O)NC(=O)N2C)N1CC(O)COc1cccc(CC)c1. The second-order valence-electron chi connectivity index (χ2n) is 8.32. The zero-order valence-electron chi connectivity index (χ0n) is 19.2. The molecule has 9 heteroatoms. The molecule has 0 bridgehead atoms. The molecule has 2 heterocycles. The topological polar surface area (TPSA) is 106 Å². The number of aryl methyl sites for hydroxylation is 1. The third-order valence-electron chi connectivity index (χ3n) is 5.85. The molecule has 32 heavy (non-hydrogen) atoms. The number of ether oxygens (including phenoxy) is 1. The molecule has 2 aliphatic heterocycles. The van der Waals surface area contributed by atoms with Crippen molar-refractivity contribution in [1.29, 1.82) is 0 Å². The van der Waals surface area contributed by atoms with E-state index in [1.807, 2.05) is 24.3 Å². The summed E-state index contributed by atoms with van der Waals surface area (Å²) in [5, 5.41) is 16.3. The maximum absolute atomic E-state index is 12.6. The summed E-state index contributed by atoms with van der Waals surface area (Å²) in [6, 6.07) is 6.66. The molecule has 3 amide bonds. The Balaban J connectivity index is 1.68. The normalized spacial score (nSPS) is 22.6. The van der Waals surface area contributed by atoms with E-state index in [0.29, 0.717) is 18.3 Å². The number of carbonyl (C=O) groups is 2. The van der Waals surface area contributed by atoms with Crippen LogP contribution in [0.4, 0.5) is 4.79 Å². The minimum absolute atomic E-state index is 0.0845. The molecule has 176 valence electrons. The first-order chi connectivity index (χ1) is 15.4. The van der Waals surface area contributed by atoms with E-state index in [2.05, 4.69) is 29.5 Å². The standard InChI is InChI=1S/C23H35N5O4/c1-4-6-7-8-12-24-22-25-20-19(21(30)26-23(31)27(20)3)28(22)14-17(29)15-32-18-11-9-10-16(5-2)13-18/h9-11,13,17,19-20,29H,4-8,12,14-15H2,1-3H3,(H,24,25)(H,26,30,31). The van der Waals surface area contributed by atoms with Gasteiger partial charge in [0.15, 0.2) is 12.0 Å². The summed E-state index contributed by atoms with van der Waals surface area (Å²) in [5.74, 6) is 0.831. The summed E-state index contributed by atoms with van der Waals surface area (Å²) in [5.41, 5.74) is 1.16. The maximum Gasteiger partial charge on any atom is 0.325 e. The number of β-amino-alcohol motifs (C(OH)–C–C–N with tert-alkyl or cyclic N) is 1. The van der Waals surface area contributed by atoms with Crippen molar-refractivity contribution >= 4 is 17.9 Å². The minimum Gasteiger partial charge on any atom is -0.491 e. The van der Waals surface area contributed by atoms with Crippen LogP contribution in [-0.4, -0.2) is 77.9 Å². The molecular formula is C23H35N5O4. The van der Waals surface area contributed by atoms with Crippen molar-refractivity contribution in [3.8, 4) is 5.75 Å². The molecule has 3 atom stereocenters. The summed E-state index contributed by atoms with van der Waals surface area (Å²) in [6.45, 7) is 5.09. The lowest BCUT2D eigenvalue weighted by Crippen LogP contribution is -2.65. The molecule has 9 nitrogen and oxygen atoms in total. The van der Waals surface area contributed by atoms with Gasteiger partial charge < -0.3 is 25.0 Å². The molecule has 2 aliphatic rings. The van der Waals surface area contributed by atoms with Gasteiger partial charge in [0.2, 0.25) is 0 Å². The van der Waals surface area contributed by atoms with Gasteiger partial charge in [-0.2, -0.15) is 0 Å². The summed E-state index contributed by atoms with van der Waals surface area (Å²) < 4.78 is 5.78. The van der Waals surface area contributed by atoms with Crippen molar-refractivity contribution in [3.05, 3.63) is 29.8 Å². The molecule has 0 saturated carbocycles. The minimum atomic E-state index is -0.846. The lowest BCUT2D eigenvalue weighted by molar-refractivity contribution is -0.127. The van der Waals surface area contributed by atoms with Gasteiger partial charge in [0.25, 0.3) is 5.91 Å². The Labute approximate surface area is 189 Å². The zero-order chi connectivity index (χ0) is 23.1. The average molecular weight is 446 g/mol. The van der Waals surface area contributed by atoms with Crippen LogP contribution in [0.3, 0.4) is 0 Å². The van der Waals surface area contributed by atoms with Gasteiger partial charge in [-0.15, -0.1) is 0 Å². The van der Waals surface area contributed by atoms with E-state index in [1.165, 1.54) is 4.90 Å². The van der Waals surface area contributed by atoms with Crippen molar-refractivity contribution in [3.63, 3.8) is 0 Å². The van der Waals surface area contributed by atoms with Crippen LogP contribution in [0, 0.1) is 0 Å². The molecular weight excluding hydrogens is 410 g/mol. The first-order valence-electron chi connectivity index (χ1n) is 11.5. The number of nitrogens with one attached hydrogen (secondary N) is 2. The summed E-state index contributed by atoms with van der Waals surface area (Å²) in [4.78, 5) is 32.5. The van der Waals surface area contributed by atoms with Gasteiger partial charge in [-0.3, -0.25) is 15.1 Å². The van der Waals surface area contributed by atoms with Gasteiger partial charge in [-0.1, -0.05) is 45.2 Å². The lowest BCUT2D eigenvalue weighted by atomic mass is 10.1. The van der Waals surface area contributed by atoms with Gasteiger partial charge in [0, 0.05) is 13.6 Å². The number of aliphatic hydroxyl groups excluding tert-OH is 1. The van der Waals surface area contributed by atoms with Crippen molar-refractivity contribution in [2.24, 2.45) is 4.99 Å². The number of urea groups is 1. The number of aliphatic imine (C=N–C) groups is 1.